The molecule has 0 heterocycles. The average Bonchev–Trinajstić information content (AvgIpc) is 2.65. The highest BCUT2D eigenvalue weighted by Gasteiger charge is 2.30. The number of amides is 1. The van der Waals surface area contributed by atoms with E-state index in [-0.39, 0.29) is 17.7 Å². The molecule has 6 heteroatoms. The van der Waals surface area contributed by atoms with Gasteiger partial charge in [0.15, 0.2) is 0 Å². The van der Waals surface area contributed by atoms with Crippen molar-refractivity contribution in [1.82, 2.24) is 5.32 Å². The molecule has 1 aliphatic rings. The zero-order valence-corrected chi connectivity index (χ0v) is 14.7. The molecule has 0 spiro atoms. The second kappa shape index (κ2) is 10.0. The first-order valence-corrected chi connectivity index (χ1v) is 8.81. The second-order valence-electron chi connectivity index (χ2n) is 6.44. The number of aliphatic carboxylic acids is 1. The van der Waals surface area contributed by atoms with Crippen LogP contribution >= 0.6 is 0 Å². The van der Waals surface area contributed by atoms with E-state index in [9.17, 15) is 9.59 Å². The molecule has 1 aliphatic carbocycles. The number of carboxylic acids is 1. The van der Waals surface area contributed by atoms with Crippen LogP contribution in [0.15, 0.2) is 24.3 Å². The third-order valence-electron chi connectivity index (χ3n) is 4.59. The van der Waals surface area contributed by atoms with Gasteiger partial charge in [0.2, 0.25) is 5.91 Å². The number of hydrogen-bond donors (Lipinski definition) is 2. The summed E-state index contributed by atoms with van der Waals surface area (Å²) in [5.41, 5.74) is 1.08. The van der Waals surface area contributed by atoms with E-state index in [0.717, 1.165) is 30.6 Å². The van der Waals surface area contributed by atoms with Gasteiger partial charge in [-0.25, -0.2) is 0 Å². The second-order valence-corrected chi connectivity index (χ2v) is 6.44. The Morgan fingerprint density at radius 2 is 1.92 bits per heavy atom. The first kappa shape index (κ1) is 19.2. The molecule has 1 saturated carbocycles. The third-order valence-corrected chi connectivity index (χ3v) is 4.59. The molecule has 0 radical (unpaired) electrons. The Kier molecular flexibility index (Phi) is 7.73. The van der Waals surface area contributed by atoms with Gasteiger partial charge in [0.25, 0.3) is 0 Å². The van der Waals surface area contributed by atoms with Crippen molar-refractivity contribution in [2.45, 2.75) is 38.7 Å². The van der Waals surface area contributed by atoms with E-state index in [1.807, 2.05) is 24.3 Å². The van der Waals surface area contributed by atoms with Crippen molar-refractivity contribution in [1.29, 1.82) is 0 Å². The van der Waals surface area contributed by atoms with Gasteiger partial charge in [-0.3, -0.25) is 9.59 Å². The number of hydrogen-bond acceptors (Lipinski definition) is 4. The van der Waals surface area contributed by atoms with Crippen LogP contribution in [0.3, 0.4) is 0 Å². The number of methoxy groups -OCH3 is 1. The first-order valence-electron chi connectivity index (χ1n) is 8.81. The Morgan fingerprint density at radius 1 is 1.20 bits per heavy atom. The zero-order valence-electron chi connectivity index (χ0n) is 14.7. The molecule has 1 aromatic rings. The molecular formula is C19H27NO5. The summed E-state index contributed by atoms with van der Waals surface area (Å²) in [4.78, 5) is 23.2. The fourth-order valence-electron chi connectivity index (χ4n) is 3.09. The van der Waals surface area contributed by atoms with E-state index < -0.39 is 5.97 Å². The van der Waals surface area contributed by atoms with E-state index in [0.29, 0.717) is 32.6 Å². The van der Waals surface area contributed by atoms with Crippen molar-refractivity contribution in [3.05, 3.63) is 29.8 Å². The lowest BCUT2D eigenvalue weighted by Gasteiger charge is -2.25. The summed E-state index contributed by atoms with van der Waals surface area (Å²) in [6.07, 6.45) is 3.45. The molecule has 2 atom stereocenters. The van der Waals surface area contributed by atoms with Crippen molar-refractivity contribution in [2.24, 2.45) is 11.8 Å². The van der Waals surface area contributed by atoms with Gasteiger partial charge >= 0.3 is 5.97 Å². The highest BCUT2D eigenvalue weighted by molar-refractivity contribution is 5.80. The van der Waals surface area contributed by atoms with Crippen molar-refractivity contribution in [2.75, 3.05) is 20.3 Å². The third kappa shape index (κ3) is 6.38. The molecule has 1 fully saturated rings. The maximum Gasteiger partial charge on any atom is 0.306 e. The summed E-state index contributed by atoms with van der Waals surface area (Å²) in [5, 5.41) is 12.0. The molecule has 138 valence electrons. The fourth-order valence-corrected chi connectivity index (χ4v) is 3.09. The molecule has 1 aromatic carbocycles. The summed E-state index contributed by atoms with van der Waals surface area (Å²) < 4.78 is 10.7. The maximum atomic E-state index is 12.1. The minimum Gasteiger partial charge on any atom is -0.497 e. The number of carboxylic acid groups (broad SMARTS) is 1. The van der Waals surface area contributed by atoms with Gasteiger partial charge in [0.05, 0.1) is 19.6 Å². The largest absolute Gasteiger partial charge is 0.497 e. The van der Waals surface area contributed by atoms with Crippen LogP contribution in [0.25, 0.3) is 0 Å². The maximum absolute atomic E-state index is 12.1. The van der Waals surface area contributed by atoms with Crippen molar-refractivity contribution < 1.29 is 24.2 Å². The number of carbonyl (C=O) groups is 2. The molecular weight excluding hydrogens is 322 g/mol. The van der Waals surface area contributed by atoms with Crippen LogP contribution in [-0.2, 0) is 20.9 Å². The van der Waals surface area contributed by atoms with Crippen molar-refractivity contribution in [3.63, 3.8) is 0 Å². The summed E-state index contributed by atoms with van der Waals surface area (Å²) in [7, 11) is 1.63. The van der Waals surface area contributed by atoms with E-state index >= 15 is 0 Å². The summed E-state index contributed by atoms with van der Waals surface area (Å²) >= 11 is 0. The van der Waals surface area contributed by atoms with Crippen LogP contribution in [-0.4, -0.2) is 37.2 Å². The van der Waals surface area contributed by atoms with Gasteiger partial charge in [0.1, 0.15) is 5.75 Å². The number of benzene rings is 1. The van der Waals surface area contributed by atoms with E-state index in [1.54, 1.807) is 7.11 Å². The Labute approximate surface area is 148 Å². The lowest BCUT2D eigenvalue weighted by molar-refractivity contribution is -0.144. The number of ether oxygens (including phenoxy) is 2. The number of nitrogens with one attached hydrogen (secondary N) is 1. The quantitative estimate of drug-likeness (QED) is 0.670. The predicted molar refractivity (Wildman–Crippen MR) is 93.4 cm³/mol. The van der Waals surface area contributed by atoms with Crippen LogP contribution < -0.4 is 10.1 Å². The highest BCUT2D eigenvalue weighted by atomic mass is 16.5. The molecule has 2 unspecified atom stereocenters. The standard InChI is InChI=1S/C19H27NO5/c1-24-17-8-6-14(7-9-17)13-25-11-3-10-20-18(21)15-4-2-5-16(12-15)19(22)23/h6-9,15-16H,2-5,10-13H2,1H3,(H,20,21)(H,22,23). The molecule has 2 N–H and O–H groups in total. The molecule has 0 aliphatic heterocycles. The molecule has 0 aromatic heterocycles. The summed E-state index contributed by atoms with van der Waals surface area (Å²) in [5.74, 6) is -0.544. The van der Waals surface area contributed by atoms with Crippen LogP contribution in [0.1, 0.15) is 37.7 Å². The average molecular weight is 349 g/mol. The smallest absolute Gasteiger partial charge is 0.306 e. The lowest BCUT2D eigenvalue weighted by atomic mass is 9.81. The first-order chi connectivity index (χ1) is 12.1. The number of carbonyl (C=O) groups excluding carboxylic acids is 1. The van der Waals surface area contributed by atoms with Gasteiger partial charge in [-0.2, -0.15) is 0 Å². The molecule has 0 bridgehead atoms. The Morgan fingerprint density at radius 3 is 2.60 bits per heavy atom. The van der Waals surface area contributed by atoms with Gasteiger partial charge in [-0.1, -0.05) is 18.6 Å². The lowest BCUT2D eigenvalue weighted by Crippen LogP contribution is -2.36. The summed E-state index contributed by atoms with van der Waals surface area (Å²) in [6.45, 7) is 1.64. The van der Waals surface area contributed by atoms with Crippen molar-refractivity contribution >= 4 is 11.9 Å². The fraction of sp³-hybridized carbons (Fsp3) is 0.579. The Hall–Kier alpha value is -2.08. The Bertz CT molecular complexity index is 557. The topological polar surface area (TPSA) is 84.9 Å². The monoisotopic (exact) mass is 349 g/mol. The van der Waals surface area contributed by atoms with Crippen LogP contribution in [0.5, 0.6) is 5.75 Å². The van der Waals surface area contributed by atoms with Gasteiger partial charge in [-0.05, 0) is 43.4 Å². The summed E-state index contributed by atoms with van der Waals surface area (Å²) in [6, 6.07) is 7.71. The van der Waals surface area contributed by atoms with Gasteiger partial charge in [-0.15, -0.1) is 0 Å². The molecule has 25 heavy (non-hydrogen) atoms. The molecule has 6 nitrogen and oxygen atoms in total. The zero-order chi connectivity index (χ0) is 18.1. The van der Waals surface area contributed by atoms with Gasteiger partial charge < -0.3 is 19.9 Å². The number of rotatable bonds is 9. The minimum atomic E-state index is -0.788. The normalized spacial score (nSPS) is 20.0. The molecule has 0 saturated heterocycles. The van der Waals surface area contributed by atoms with Crippen LogP contribution in [0.4, 0.5) is 0 Å². The van der Waals surface area contributed by atoms with E-state index in [1.165, 1.54) is 0 Å². The minimum absolute atomic E-state index is 0.0268. The van der Waals surface area contributed by atoms with E-state index in [2.05, 4.69) is 5.32 Å². The van der Waals surface area contributed by atoms with Gasteiger partial charge in [0, 0.05) is 19.1 Å². The van der Waals surface area contributed by atoms with Crippen LogP contribution in [0, 0.1) is 11.8 Å². The molecule has 2 rings (SSSR count). The molecule has 1 amide bonds. The van der Waals surface area contributed by atoms with Crippen LogP contribution in [0.2, 0.25) is 0 Å². The Balaban J connectivity index is 1.57. The SMILES string of the molecule is COc1ccc(COCCCNC(=O)C2CCCC(C(=O)O)C2)cc1. The predicted octanol–water partition coefficient (Wildman–Crippen LogP) is 2.61. The van der Waals surface area contributed by atoms with E-state index in [4.69, 9.17) is 14.6 Å². The highest BCUT2D eigenvalue weighted by Crippen LogP contribution is 2.29. The van der Waals surface area contributed by atoms with Crippen molar-refractivity contribution in [3.8, 4) is 5.75 Å².